The van der Waals surface area contributed by atoms with Crippen molar-refractivity contribution in [2.45, 2.75) is 52.4 Å². The van der Waals surface area contributed by atoms with Gasteiger partial charge in [-0.3, -0.25) is 13.8 Å². The number of aryl methyl sites for hydroxylation is 1. The first kappa shape index (κ1) is 19.3. The zero-order chi connectivity index (χ0) is 19.8. The number of likely N-dealkylation sites (tertiary alicyclic amines) is 1. The first-order valence-corrected chi connectivity index (χ1v) is 10.5. The Balaban J connectivity index is 1.86. The van der Waals surface area contributed by atoms with E-state index in [0.717, 1.165) is 31.3 Å². The zero-order valence-corrected chi connectivity index (χ0v) is 17.3. The third-order valence-corrected chi connectivity index (χ3v) is 5.97. The Morgan fingerprint density at radius 2 is 2.14 bits per heavy atom. The van der Waals surface area contributed by atoms with Crippen LogP contribution in [0.2, 0.25) is 0 Å². The Morgan fingerprint density at radius 3 is 2.89 bits per heavy atom. The topological polar surface area (TPSA) is 68.9 Å². The van der Waals surface area contributed by atoms with Crippen LogP contribution in [0.25, 0.3) is 16.7 Å². The monoisotopic (exact) mass is 402 g/mol. The number of hydrogen-bond acceptors (Lipinski definition) is 4. The van der Waals surface area contributed by atoms with Crippen molar-refractivity contribution in [2.75, 3.05) is 13.1 Å². The molecule has 0 spiro atoms. The van der Waals surface area contributed by atoms with Gasteiger partial charge in [-0.05, 0) is 49.5 Å². The van der Waals surface area contributed by atoms with Crippen molar-refractivity contribution < 1.29 is 10.0 Å². The average molecular weight is 403 g/mol. The lowest BCUT2D eigenvalue weighted by molar-refractivity contribution is -0.931. The highest BCUT2D eigenvalue weighted by molar-refractivity contribution is 7.71. The quantitative estimate of drug-likeness (QED) is 0.630. The molecule has 150 valence electrons. The Kier molecular flexibility index (Phi) is 5.35. The summed E-state index contributed by atoms with van der Waals surface area (Å²) in [5, 5.41) is 15.4. The van der Waals surface area contributed by atoms with Gasteiger partial charge in [-0.25, -0.2) is 0 Å². The smallest absolute Gasteiger partial charge is 0.262 e. The summed E-state index contributed by atoms with van der Waals surface area (Å²) in [6, 6.07) is 7.59. The van der Waals surface area contributed by atoms with Crippen LogP contribution in [-0.2, 0) is 13.2 Å². The summed E-state index contributed by atoms with van der Waals surface area (Å²) in [6.07, 6.45) is 2.50. The van der Waals surface area contributed by atoms with E-state index in [-0.39, 0.29) is 11.7 Å². The van der Waals surface area contributed by atoms with E-state index in [4.69, 9.17) is 17.3 Å². The average Bonchev–Trinajstić information content (AvgIpc) is 2.98. The van der Waals surface area contributed by atoms with Gasteiger partial charge in [0.05, 0.1) is 17.4 Å². The number of hydrogen-bond donors (Lipinski definition) is 2. The molecule has 0 amide bonds. The highest BCUT2D eigenvalue weighted by Crippen LogP contribution is 2.15. The molecule has 1 saturated heterocycles. The fourth-order valence-electron chi connectivity index (χ4n) is 4.04. The van der Waals surface area contributed by atoms with Gasteiger partial charge in [0.1, 0.15) is 12.6 Å². The highest BCUT2D eigenvalue weighted by Gasteiger charge is 2.23. The van der Waals surface area contributed by atoms with Gasteiger partial charge >= 0.3 is 0 Å². The molecule has 0 bridgehead atoms. The SMILES string of the molecule is CC(C)CCn1c(=O)c2ccccc2n2c(=S)n(C[NH+]3CCC[C@H](O)C3)nc12. The van der Waals surface area contributed by atoms with Crippen LogP contribution in [0.4, 0.5) is 0 Å². The lowest BCUT2D eigenvalue weighted by Gasteiger charge is -2.26. The Labute approximate surface area is 168 Å². The number of aliphatic hydroxyl groups excluding tert-OH is 1. The molecule has 1 aromatic carbocycles. The van der Waals surface area contributed by atoms with Gasteiger partial charge in [0, 0.05) is 6.54 Å². The van der Waals surface area contributed by atoms with E-state index in [2.05, 4.69) is 13.8 Å². The normalized spacial score (nSPS) is 20.4. The standard InChI is InChI=1S/C20H27N5O2S/c1-14(2)9-11-23-18(27)16-7-3-4-8-17(16)25-19(23)21-24(20(25)28)13-22-10-5-6-15(26)12-22/h3-4,7-8,14-15,26H,5-6,9-13H2,1-2H3/p+1/t15-/m0/s1. The van der Waals surface area contributed by atoms with Gasteiger partial charge < -0.3 is 10.0 Å². The van der Waals surface area contributed by atoms with Gasteiger partial charge in [-0.1, -0.05) is 26.0 Å². The number of quaternary nitrogens is 1. The number of rotatable bonds is 5. The van der Waals surface area contributed by atoms with E-state index in [1.165, 1.54) is 4.90 Å². The molecule has 3 aromatic rings. The second-order valence-electron chi connectivity index (χ2n) is 8.23. The number of aliphatic hydroxyl groups is 1. The highest BCUT2D eigenvalue weighted by atomic mass is 32.1. The van der Waals surface area contributed by atoms with Crippen molar-refractivity contribution in [2.24, 2.45) is 5.92 Å². The first-order chi connectivity index (χ1) is 13.5. The van der Waals surface area contributed by atoms with Crippen LogP contribution in [0, 0.1) is 10.7 Å². The molecule has 3 heterocycles. The van der Waals surface area contributed by atoms with Crippen molar-refractivity contribution in [3.05, 3.63) is 39.4 Å². The maximum Gasteiger partial charge on any atom is 0.262 e. The van der Waals surface area contributed by atoms with Crippen LogP contribution in [0.3, 0.4) is 0 Å². The molecule has 2 N–H and O–H groups in total. The molecule has 0 saturated carbocycles. The molecule has 1 aliphatic heterocycles. The lowest BCUT2D eigenvalue weighted by atomic mass is 10.1. The fraction of sp³-hybridized carbons (Fsp3) is 0.550. The minimum Gasteiger partial charge on any atom is -0.387 e. The van der Waals surface area contributed by atoms with Gasteiger partial charge in [-0.2, -0.15) is 4.68 Å². The van der Waals surface area contributed by atoms with E-state index in [1.807, 2.05) is 33.3 Å². The fourth-order valence-corrected chi connectivity index (χ4v) is 4.33. The Morgan fingerprint density at radius 1 is 1.36 bits per heavy atom. The van der Waals surface area contributed by atoms with E-state index >= 15 is 0 Å². The third-order valence-electron chi connectivity index (χ3n) is 5.58. The molecular weight excluding hydrogens is 374 g/mol. The summed E-state index contributed by atoms with van der Waals surface area (Å²) >= 11 is 5.76. The number of para-hydroxylation sites is 1. The predicted molar refractivity (Wildman–Crippen MR) is 111 cm³/mol. The number of piperidine rings is 1. The van der Waals surface area contributed by atoms with Crippen molar-refractivity contribution in [1.29, 1.82) is 0 Å². The molecule has 0 aliphatic carbocycles. The van der Waals surface area contributed by atoms with Crippen LogP contribution in [0.5, 0.6) is 0 Å². The molecule has 2 aromatic heterocycles. The first-order valence-electron chi connectivity index (χ1n) is 10.1. The van der Waals surface area contributed by atoms with E-state index in [9.17, 15) is 9.90 Å². The molecular formula is C20H28N5O2S+. The Bertz CT molecular complexity index is 1110. The van der Waals surface area contributed by atoms with Crippen LogP contribution < -0.4 is 10.5 Å². The molecule has 1 unspecified atom stereocenters. The van der Waals surface area contributed by atoms with Crippen molar-refractivity contribution in [3.8, 4) is 0 Å². The summed E-state index contributed by atoms with van der Waals surface area (Å²) < 4.78 is 6.09. The van der Waals surface area contributed by atoms with E-state index in [0.29, 0.717) is 41.6 Å². The minimum absolute atomic E-state index is 0.0170. The number of nitrogens with one attached hydrogen (secondary N) is 1. The number of nitrogens with zero attached hydrogens (tertiary/aromatic N) is 4. The largest absolute Gasteiger partial charge is 0.387 e. The summed E-state index contributed by atoms with van der Waals surface area (Å²) in [7, 11) is 0. The van der Waals surface area contributed by atoms with Crippen molar-refractivity contribution in [3.63, 3.8) is 0 Å². The number of benzene rings is 1. The van der Waals surface area contributed by atoms with Crippen molar-refractivity contribution >= 4 is 28.9 Å². The van der Waals surface area contributed by atoms with Crippen LogP contribution in [0.15, 0.2) is 29.1 Å². The zero-order valence-electron chi connectivity index (χ0n) is 16.5. The summed E-state index contributed by atoms with van der Waals surface area (Å²) in [5.74, 6) is 1.09. The molecule has 2 atom stereocenters. The van der Waals surface area contributed by atoms with Crippen molar-refractivity contribution in [1.82, 2.24) is 18.7 Å². The number of fused-ring (bicyclic) bond motifs is 3. The molecule has 0 radical (unpaired) electrons. The van der Waals surface area contributed by atoms with Gasteiger partial charge in [0.25, 0.3) is 5.56 Å². The second kappa shape index (κ2) is 7.77. The van der Waals surface area contributed by atoms with Gasteiger partial charge in [0.2, 0.25) is 10.5 Å². The minimum atomic E-state index is -0.264. The van der Waals surface area contributed by atoms with Gasteiger partial charge in [0.15, 0.2) is 6.67 Å². The summed E-state index contributed by atoms with van der Waals surface area (Å²) in [4.78, 5) is 14.4. The number of aromatic nitrogens is 4. The van der Waals surface area contributed by atoms with E-state index < -0.39 is 0 Å². The Hall–Kier alpha value is -2.03. The van der Waals surface area contributed by atoms with Crippen LogP contribution in [0.1, 0.15) is 33.1 Å². The maximum atomic E-state index is 13.1. The molecule has 28 heavy (non-hydrogen) atoms. The van der Waals surface area contributed by atoms with Crippen LogP contribution in [-0.4, -0.2) is 43.0 Å². The molecule has 4 rings (SSSR count). The second-order valence-corrected chi connectivity index (χ2v) is 8.60. The molecule has 1 aliphatic rings. The third kappa shape index (κ3) is 3.52. The predicted octanol–water partition coefficient (Wildman–Crippen LogP) is 1.22. The lowest BCUT2D eigenvalue weighted by Crippen LogP contribution is -3.13. The maximum absolute atomic E-state index is 13.1. The van der Waals surface area contributed by atoms with E-state index in [1.54, 1.807) is 4.57 Å². The molecule has 8 heteroatoms. The molecule has 1 fully saturated rings. The summed E-state index contributed by atoms with van der Waals surface area (Å²) in [5.41, 5.74) is 0.782. The summed E-state index contributed by atoms with van der Waals surface area (Å²) in [6.45, 7) is 7.22. The van der Waals surface area contributed by atoms with Gasteiger partial charge in [-0.15, -0.1) is 5.10 Å². The molecule has 7 nitrogen and oxygen atoms in total. The van der Waals surface area contributed by atoms with Crippen LogP contribution >= 0.6 is 12.2 Å².